The smallest absolute Gasteiger partial charge is 0.174 e. The lowest BCUT2D eigenvalue weighted by molar-refractivity contribution is 0.718. The molecule has 0 saturated heterocycles. The van der Waals surface area contributed by atoms with Crippen LogP contribution in [0.15, 0.2) is 27.4 Å². The Hall–Kier alpha value is -0.620. The summed E-state index contributed by atoms with van der Waals surface area (Å²) in [6, 6.07) is 5.97. The second-order valence-electron chi connectivity index (χ2n) is 3.72. The first-order chi connectivity index (χ1) is 8.70. The summed E-state index contributed by atoms with van der Waals surface area (Å²) in [6.07, 6.45) is 0. The highest BCUT2D eigenvalue weighted by Gasteiger charge is 2.11. The van der Waals surface area contributed by atoms with Gasteiger partial charge in [0.25, 0.3) is 0 Å². The number of benzene rings is 1. The van der Waals surface area contributed by atoms with Crippen molar-refractivity contribution in [2.24, 2.45) is 0 Å². The Balaban J connectivity index is 2.24. The van der Waals surface area contributed by atoms with Crippen molar-refractivity contribution in [2.75, 3.05) is 6.54 Å². The SMILES string of the molecule is CCNCc1cccc(Cl)c1Sc1nc(C)ns1. The van der Waals surface area contributed by atoms with Crippen LogP contribution in [0, 0.1) is 6.92 Å². The minimum atomic E-state index is 0.767. The zero-order chi connectivity index (χ0) is 13.0. The normalized spacial score (nSPS) is 10.8. The highest BCUT2D eigenvalue weighted by atomic mass is 35.5. The number of aryl methyl sites for hydroxylation is 1. The van der Waals surface area contributed by atoms with Crippen LogP contribution in [0.3, 0.4) is 0 Å². The minimum Gasteiger partial charge on any atom is -0.313 e. The summed E-state index contributed by atoms with van der Waals surface area (Å²) in [5.74, 6) is 0.808. The maximum Gasteiger partial charge on any atom is 0.174 e. The number of hydrogen-bond donors (Lipinski definition) is 1. The zero-order valence-corrected chi connectivity index (χ0v) is 12.6. The van der Waals surface area contributed by atoms with E-state index in [4.69, 9.17) is 11.6 Å². The van der Waals surface area contributed by atoms with Crippen LogP contribution in [-0.4, -0.2) is 15.9 Å². The van der Waals surface area contributed by atoms with Crippen molar-refractivity contribution in [3.63, 3.8) is 0 Å². The molecule has 0 fully saturated rings. The molecule has 0 atom stereocenters. The fourth-order valence-electron chi connectivity index (χ4n) is 1.47. The van der Waals surface area contributed by atoms with Gasteiger partial charge >= 0.3 is 0 Å². The van der Waals surface area contributed by atoms with Gasteiger partial charge in [-0.1, -0.05) is 42.4 Å². The molecule has 0 bridgehead atoms. The fourth-order valence-corrected chi connectivity index (χ4v) is 3.51. The van der Waals surface area contributed by atoms with Crippen LogP contribution in [-0.2, 0) is 6.54 Å². The molecule has 18 heavy (non-hydrogen) atoms. The molecule has 0 aliphatic carbocycles. The van der Waals surface area contributed by atoms with Crippen molar-refractivity contribution in [3.05, 3.63) is 34.6 Å². The van der Waals surface area contributed by atoms with Gasteiger partial charge in [-0.05, 0) is 36.6 Å². The van der Waals surface area contributed by atoms with Gasteiger partial charge in [0.2, 0.25) is 0 Å². The molecule has 1 heterocycles. The third-order valence-corrected chi connectivity index (χ3v) is 4.77. The Bertz CT molecular complexity index is 528. The zero-order valence-electron chi connectivity index (χ0n) is 10.2. The summed E-state index contributed by atoms with van der Waals surface area (Å²) < 4.78 is 5.11. The van der Waals surface area contributed by atoms with Crippen molar-refractivity contribution in [1.29, 1.82) is 0 Å². The summed E-state index contributed by atoms with van der Waals surface area (Å²) in [6.45, 7) is 5.74. The third-order valence-electron chi connectivity index (χ3n) is 2.31. The van der Waals surface area contributed by atoms with Crippen LogP contribution < -0.4 is 5.32 Å². The number of aromatic nitrogens is 2. The Morgan fingerprint density at radius 3 is 2.94 bits per heavy atom. The summed E-state index contributed by atoms with van der Waals surface area (Å²) in [5.41, 5.74) is 1.20. The first kappa shape index (κ1) is 13.8. The minimum absolute atomic E-state index is 0.767. The quantitative estimate of drug-likeness (QED) is 0.912. The average Bonchev–Trinajstić information content (AvgIpc) is 2.76. The lowest BCUT2D eigenvalue weighted by Gasteiger charge is -2.09. The standard InChI is InChI=1S/C12H14ClN3S2/c1-3-14-7-9-5-4-6-10(13)11(9)17-12-15-8(2)16-18-12/h4-6,14H,3,7H2,1-2H3. The van der Waals surface area contributed by atoms with Crippen LogP contribution in [0.25, 0.3) is 0 Å². The van der Waals surface area contributed by atoms with Crippen molar-refractivity contribution >= 4 is 34.9 Å². The first-order valence-electron chi connectivity index (χ1n) is 5.67. The Labute approximate surface area is 120 Å². The molecule has 0 saturated carbocycles. The van der Waals surface area contributed by atoms with E-state index in [1.54, 1.807) is 11.8 Å². The van der Waals surface area contributed by atoms with Crippen LogP contribution in [0.4, 0.5) is 0 Å². The maximum atomic E-state index is 6.27. The van der Waals surface area contributed by atoms with E-state index in [1.807, 2.05) is 19.1 Å². The second kappa shape index (κ2) is 6.52. The molecule has 1 N–H and O–H groups in total. The topological polar surface area (TPSA) is 37.8 Å². The number of nitrogens with zero attached hydrogens (tertiary/aromatic N) is 2. The lowest BCUT2D eigenvalue weighted by atomic mass is 10.2. The van der Waals surface area contributed by atoms with Gasteiger partial charge < -0.3 is 5.32 Å². The van der Waals surface area contributed by atoms with Crippen molar-refractivity contribution in [2.45, 2.75) is 29.6 Å². The highest BCUT2D eigenvalue weighted by Crippen LogP contribution is 2.36. The number of halogens is 1. The van der Waals surface area contributed by atoms with Gasteiger partial charge in [-0.3, -0.25) is 0 Å². The molecular weight excluding hydrogens is 286 g/mol. The summed E-state index contributed by atoms with van der Waals surface area (Å²) in [7, 11) is 0. The molecule has 0 aliphatic heterocycles. The predicted molar refractivity (Wildman–Crippen MR) is 77.6 cm³/mol. The number of rotatable bonds is 5. The Kier molecular flexibility index (Phi) is 5.00. The highest BCUT2D eigenvalue weighted by molar-refractivity contribution is 8.01. The van der Waals surface area contributed by atoms with Crippen LogP contribution in [0.2, 0.25) is 5.02 Å². The molecule has 1 aromatic heterocycles. The van der Waals surface area contributed by atoms with Gasteiger partial charge in [-0.25, -0.2) is 4.98 Å². The van der Waals surface area contributed by atoms with Gasteiger partial charge in [-0.2, -0.15) is 4.37 Å². The van der Waals surface area contributed by atoms with E-state index in [0.717, 1.165) is 33.2 Å². The summed E-state index contributed by atoms with van der Waals surface area (Å²) in [5, 5.41) is 4.09. The van der Waals surface area contributed by atoms with Crippen molar-refractivity contribution in [3.8, 4) is 0 Å². The monoisotopic (exact) mass is 299 g/mol. The number of nitrogens with one attached hydrogen (secondary N) is 1. The molecule has 1 aromatic carbocycles. The maximum absolute atomic E-state index is 6.27. The van der Waals surface area contributed by atoms with Gasteiger partial charge in [0, 0.05) is 11.4 Å². The van der Waals surface area contributed by atoms with Gasteiger partial charge in [-0.15, -0.1) is 0 Å². The summed E-state index contributed by atoms with van der Waals surface area (Å²) in [4.78, 5) is 5.43. The molecule has 0 spiro atoms. The van der Waals surface area contributed by atoms with E-state index >= 15 is 0 Å². The molecule has 96 valence electrons. The molecule has 6 heteroatoms. The summed E-state index contributed by atoms with van der Waals surface area (Å²) >= 11 is 9.27. The van der Waals surface area contributed by atoms with E-state index in [-0.39, 0.29) is 0 Å². The first-order valence-corrected chi connectivity index (χ1v) is 7.63. The molecule has 2 rings (SSSR count). The largest absolute Gasteiger partial charge is 0.313 e. The Morgan fingerprint density at radius 1 is 1.44 bits per heavy atom. The van der Waals surface area contributed by atoms with Gasteiger partial charge in [0.05, 0.1) is 5.02 Å². The molecule has 0 amide bonds. The van der Waals surface area contributed by atoms with E-state index in [2.05, 4.69) is 27.7 Å². The molecular formula is C12H14ClN3S2. The van der Waals surface area contributed by atoms with Gasteiger partial charge in [0.15, 0.2) is 4.34 Å². The number of hydrogen-bond acceptors (Lipinski definition) is 5. The van der Waals surface area contributed by atoms with Crippen LogP contribution in [0.1, 0.15) is 18.3 Å². The van der Waals surface area contributed by atoms with Crippen LogP contribution in [0.5, 0.6) is 0 Å². The van der Waals surface area contributed by atoms with E-state index in [0.29, 0.717) is 0 Å². The van der Waals surface area contributed by atoms with E-state index in [9.17, 15) is 0 Å². The van der Waals surface area contributed by atoms with Gasteiger partial charge in [0.1, 0.15) is 5.82 Å². The molecule has 2 aromatic rings. The fraction of sp³-hybridized carbons (Fsp3) is 0.333. The molecule has 3 nitrogen and oxygen atoms in total. The van der Waals surface area contributed by atoms with E-state index < -0.39 is 0 Å². The molecule has 0 radical (unpaired) electrons. The Morgan fingerprint density at radius 2 is 2.28 bits per heavy atom. The van der Waals surface area contributed by atoms with Crippen LogP contribution >= 0.6 is 34.9 Å². The van der Waals surface area contributed by atoms with Crippen molar-refractivity contribution < 1.29 is 0 Å². The lowest BCUT2D eigenvalue weighted by Crippen LogP contribution is -2.12. The average molecular weight is 300 g/mol. The molecule has 0 aliphatic rings. The third kappa shape index (κ3) is 3.45. The second-order valence-corrected chi connectivity index (χ2v) is 6.13. The predicted octanol–water partition coefficient (Wildman–Crippen LogP) is 3.76. The molecule has 0 unspecified atom stereocenters. The van der Waals surface area contributed by atoms with E-state index in [1.165, 1.54) is 17.1 Å². The van der Waals surface area contributed by atoms with Crippen molar-refractivity contribution in [1.82, 2.24) is 14.7 Å².